The molecule has 7 atom stereocenters. The van der Waals surface area contributed by atoms with E-state index < -0.39 is 49.5 Å². The van der Waals surface area contributed by atoms with Gasteiger partial charge in [0, 0.05) is 12.8 Å². The van der Waals surface area contributed by atoms with Gasteiger partial charge in [-0.25, -0.2) is 0 Å². The molecular formula is C70H127NO10. The van der Waals surface area contributed by atoms with Gasteiger partial charge in [0.15, 0.2) is 6.29 Å². The fraction of sp³-hybridized carbons (Fsp3) is 0.829. The Kier molecular flexibility index (Phi) is 55.7. The highest BCUT2D eigenvalue weighted by Gasteiger charge is 2.44. The molecule has 7 unspecified atom stereocenters. The van der Waals surface area contributed by atoms with Crippen molar-refractivity contribution in [1.82, 2.24) is 5.32 Å². The van der Waals surface area contributed by atoms with E-state index >= 15 is 0 Å². The third kappa shape index (κ3) is 48.3. The smallest absolute Gasteiger partial charge is 0.305 e. The van der Waals surface area contributed by atoms with Gasteiger partial charge in [0.05, 0.1) is 32.0 Å². The molecule has 0 aromatic rings. The fourth-order valence-corrected chi connectivity index (χ4v) is 10.6. The standard InChI is InChI=1S/C70H127NO10/c1-3-5-7-9-11-13-14-15-16-17-25-29-32-35-38-42-46-50-54-58-66(75)79-59-55-51-47-43-39-36-33-30-27-24-22-20-18-19-21-23-26-28-31-34-37-41-45-49-53-57-65(74)71-62(63(73)56-52-48-44-40-12-10-8-6-4-2)61-80-70-69(78)68(77)67(76)64(60-72)81-70/h4,6,12,19-22,40,52,56,62-64,67-70,72-73,76-78H,3,5,7-11,13-18,23-39,41-51,53-55,57-61H2,1-2H3,(H,71,74)/b6-4+,21-19-,22-20-,40-12+,56-52+. The van der Waals surface area contributed by atoms with Crippen molar-refractivity contribution < 1.29 is 49.3 Å². The third-order valence-corrected chi connectivity index (χ3v) is 15.9. The highest BCUT2D eigenvalue weighted by atomic mass is 16.7. The number of nitrogens with one attached hydrogen (secondary N) is 1. The topological polar surface area (TPSA) is 175 Å². The molecule has 1 amide bonds. The zero-order valence-corrected chi connectivity index (χ0v) is 52.2. The average molecular weight is 1140 g/mol. The third-order valence-electron chi connectivity index (χ3n) is 15.9. The normalized spacial score (nSPS) is 18.6. The number of esters is 1. The lowest BCUT2D eigenvalue weighted by Gasteiger charge is -2.40. The van der Waals surface area contributed by atoms with Crippen LogP contribution in [0.5, 0.6) is 0 Å². The summed E-state index contributed by atoms with van der Waals surface area (Å²) in [6.07, 6.45) is 68.1. The van der Waals surface area contributed by atoms with Crippen LogP contribution in [0.25, 0.3) is 0 Å². The van der Waals surface area contributed by atoms with Gasteiger partial charge in [0.2, 0.25) is 5.91 Å². The lowest BCUT2D eigenvalue weighted by Crippen LogP contribution is -2.60. The van der Waals surface area contributed by atoms with E-state index in [9.17, 15) is 35.1 Å². The molecule has 0 aliphatic carbocycles. The van der Waals surface area contributed by atoms with Gasteiger partial charge in [0.1, 0.15) is 24.4 Å². The predicted octanol–water partition coefficient (Wildman–Crippen LogP) is 17.0. The molecule has 1 aliphatic heterocycles. The molecule has 6 N–H and O–H groups in total. The SMILES string of the molecule is C/C=C/CC/C=C/CC/C=C/C(O)C(COC1OC(CO)C(O)C(O)C1O)NC(=O)CCCCCCCCCCC/C=C\C/C=C\CCCCCCCCCCCOC(=O)CCCCCCCCCCCCCCCCCCCCC. The Morgan fingerprint density at radius 1 is 0.481 bits per heavy atom. The number of rotatable bonds is 59. The minimum Gasteiger partial charge on any atom is -0.466 e. The van der Waals surface area contributed by atoms with Crippen molar-refractivity contribution in [2.24, 2.45) is 0 Å². The number of carbonyl (C=O) groups excluding carboxylic acids is 2. The Bertz CT molecular complexity index is 1530. The largest absolute Gasteiger partial charge is 0.466 e. The monoisotopic (exact) mass is 1140 g/mol. The summed E-state index contributed by atoms with van der Waals surface area (Å²) in [6, 6.07) is -0.839. The summed E-state index contributed by atoms with van der Waals surface area (Å²) in [5, 5.41) is 54.2. The van der Waals surface area contributed by atoms with Crippen LogP contribution < -0.4 is 5.32 Å². The molecule has 81 heavy (non-hydrogen) atoms. The van der Waals surface area contributed by atoms with Gasteiger partial charge in [-0.05, 0) is 84.0 Å². The van der Waals surface area contributed by atoms with Crippen LogP contribution in [-0.4, -0.2) is 100 Å². The molecule has 11 heteroatoms. The van der Waals surface area contributed by atoms with Crippen LogP contribution in [0.4, 0.5) is 0 Å². The van der Waals surface area contributed by atoms with E-state index in [4.69, 9.17) is 14.2 Å². The summed E-state index contributed by atoms with van der Waals surface area (Å²) in [6.45, 7) is 4.10. The van der Waals surface area contributed by atoms with E-state index in [1.807, 2.05) is 19.1 Å². The summed E-state index contributed by atoms with van der Waals surface area (Å²) < 4.78 is 16.7. The second-order valence-electron chi connectivity index (χ2n) is 23.5. The summed E-state index contributed by atoms with van der Waals surface area (Å²) >= 11 is 0. The van der Waals surface area contributed by atoms with E-state index in [0.29, 0.717) is 19.4 Å². The van der Waals surface area contributed by atoms with Gasteiger partial charge in [-0.15, -0.1) is 0 Å². The van der Waals surface area contributed by atoms with Crippen molar-refractivity contribution in [1.29, 1.82) is 0 Å². The maximum Gasteiger partial charge on any atom is 0.305 e. The number of unbranched alkanes of at least 4 members (excludes halogenated alkanes) is 38. The van der Waals surface area contributed by atoms with E-state index in [0.717, 1.165) is 89.9 Å². The fourth-order valence-electron chi connectivity index (χ4n) is 10.6. The van der Waals surface area contributed by atoms with Crippen molar-refractivity contribution >= 4 is 11.9 Å². The first-order valence-electron chi connectivity index (χ1n) is 34.0. The van der Waals surface area contributed by atoms with Crippen LogP contribution in [0.3, 0.4) is 0 Å². The van der Waals surface area contributed by atoms with Gasteiger partial charge < -0.3 is 45.1 Å². The highest BCUT2D eigenvalue weighted by molar-refractivity contribution is 5.76. The van der Waals surface area contributed by atoms with Crippen LogP contribution in [0, 0.1) is 0 Å². The molecule has 0 aromatic carbocycles. The lowest BCUT2D eigenvalue weighted by molar-refractivity contribution is -0.302. The summed E-state index contributed by atoms with van der Waals surface area (Å²) in [4.78, 5) is 25.1. The Balaban J connectivity index is 1.95. The molecule has 0 spiro atoms. The van der Waals surface area contributed by atoms with E-state index in [1.165, 1.54) is 193 Å². The molecule has 1 rings (SSSR count). The number of hydrogen-bond acceptors (Lipinski definition) is 10. The Morgan fingerprint density at radius 2 is 0.889 bits per heavy atom. The van der Waals surface area contributed by atoms with Gasteiger partial charge in [-0.2, -0.15) is 0 Å². The van der Waals surface area contributed by atoms with Crippen LogP contribution >= 0.6 is 0 Å². The Hall–Kier alpha value is -2.64. The zero-order valence-electron chi connectivity index (χ0n) is 52.2. The Labute approximate surface area is 497 Å². The van der Waals surface area contributed by atoms with E-state index in [1.54, 1.807) is 6.08 Å². The number of amides is 1. The molecule has 1 heterocycles. The van der Waals surface area contributed by atoms with Crippen LogP contribution in [-0.2, 0) is 23.8 Å². The molecule has 1 aliphatic rings. The Morgan fingerprint density at radius 3 is 1.36 bits per heavy atom. The van der Waals surface area contributed by atoms with Crippen LogP contribution in [0.2, 0.25) is 0 Å². The van der Waals surface area contributed by atoms with Gasteiger partial charge in [-0.3, -0.25) is 9.59 Å². The quantitative estimate of drug-likeness (QED) is 0.0195. The second-order valence-corrected chi connectivity index (χ2v) is 23.5. The van der Waals surface area contributed by atoms with Crippen LogP contribution in [0.15, 0.2) is 60.8 Å². The second kappa shape index (κ2) is 59.1. The zero-order chi connectivity index (χ0) is 58.7. The molecule has 0 bridgehead atoms. The van der Waals surface area contributed by atoms with Crippen LogP contribution in [0.1, 0.15) is 309 Å². The number of ether oxygens (including phenoxy) is 3. The number of aliphatic hydroxyl groups is 5. The molecule has 11 nitrogen and oxygen atoms in total. The maximum absolute atomic E-state index is 13.0. The molecule has 0 saturated carbocycles. The van der Waals surface area contributed by atoms with Crippen molar-refractivity contribution in [3.8, 4) is 0 Å². The van der Waals surface area contributed by atoms with Crippen molar-refractivity contribution in [2.45, 2.75) is 352 Å². The number of carbonyl (C=O) groups is 2. The summed E-state index contributed by atoms with van der Waals surface area (Å²) in [7, 11) is 0. The van der Waals surface area contributed by atoms with Gasteiger partial charge in [0.25, 0.3) is 0 Å². The predicted molar refractivity (Wildman–Crippen MR) is 338 cm³/mol. The molecular weight excluding hydrogens is 1010 g/mol. The van der Waals surface area contributed by atoms with Crippen molar-refractivity contribution in [2.75, 3.05) is 19.8 Å². The molecule has 0 radical (unpaired) electrons. The summed E-state index contributed by atoms with van der Waals surface area (Å²) in [5.74, 6) is -0.204. The van der Waals surface area contributed by atoms with Crippen molar-refractivity contribution in [3.63, 3.8) is 0 Å². The number of hydrogen-bond donors (Lipinski definition) is 6. The number of aliphatic hydroxyl groups excluding tert-OH is 5. The van der Waals surface area contributed by atoms with E-state index in [2.05, 4.69) is 54.8 Å². The molecule has 472 valence electrons. The first-order valence-corrected chi connectivity index (χ1v) is 34.0. The summed E-state index contributed by atoms with van der Waals surface area (Å²) in [5.41, 5.74) is 0. The van der Waals surface area contributed by atoms with Gasteiger partial charge >= 0.3 is 5.97 Å². The highest BCUT2D eigenvalue weighted by Crippen LogP contribution is 2.23. The lowest BCUT2D eigenvalue weighted by atomic mass is 9.99. The molecule has 1 saturated heterocycles. The minimum absolute atomic E-state index is 0.00220. The molecule has 0 aromatic heterocycles. The van der Waals surface area contributed by atoms with Gasteiger partial charge in [-0.1, -0.05) is 273 Å². The van der Waals surface area contributed by atoms with Crippen molar-refractivity contribution in [3.05, 3.63) is 60.8 Å². The first kappa shape index (κ1) is 76.4. The number of allylic oxidation sites excluding steroid dienone is 9. The minimum atomic E-state index is -1.58. The maximum atomic E-state index is 13.0. The molecule has 1 fully saturated rings. The first-order chi connectivity index (χ1) is 39.7. The van der Waals surface area contributed by atoms with E-state index in [-0.39, 0.29) is 18.5 Å². The average Bonchev–Trinajstić information content (AvgIpc) is 3.47.